The van der Waals surface area contributed by atoms with Gasteiger partial charge in [-0.2, -0.15) is 0 Å². The second kappa shape index (κ2) is 5.88. The molecule has 0 rings (SSSR count). The summed E-state index contributed by atoms with van der Waals surface area (Å²) in [5, 5.41) is 19.1. The quantitative estimate of drug-likeness (QED) is 0.306. The molecule has 0 unspecified atom stereocenters. The molecule has 0 bridgehead atoms. The summed E-state index contributed by atoms with van der Waals surface area (Å²) in [5.74, 6) is 0. The van der Waals surface area contributed by atoms with Crippen LogP contribution in [0, 0.1) is 0 Å². The summed E-state index contributed by atoms with van der Waals surface area (Å²) in [7, 11) is 0. The van der Waals surface area contributed by atoms with E-state index in [0.717, 1.165) is 0 Å². The van der Waals surface area contributed by atoms with E-state index in [1.165, 1.54) is 0 Å². The van der Waals surface area contributed by atoms with Crippen molar-refractivity contribution in [2.75, 3.05) is 26.3 Å². The first-order valence-electron chi connectivity index (χ1n) is 2.34. The van der Waals surface area contributed by atoms with Crippen molar-refractivity contribution in [2.45, 2.75) is 0 Å². The van der Waals surface area contributed by atoms with E-state index in [1.54, 1.807) is 0 Å². The monoisotopic (exact) mass is 109 g/mol. The molecule has 0 fully saturated rings. The van der Waals surface area contributed by atoms with Crippen LogP contribution in [-0.4, -0.2) is 36.5 Å². The molecular formula is C4H11NO2. The van der Waals surface area contributed by atoms with Gasteiger partial charge in [-0.05, 0) is 0 Å². The molecule has 0 saturated heterocycles. The zero-order chi connectivity index (χ0) is 5.54. The van der Waals surface area contributed by atoms with Crippen molar-refractivity contribution in [3.8, 4) is 0 Å². The van der Waals surface area contributed by atoms with Crippen molar-refractivity contribution in [3.05, 3.63) is 0 Å². The normalized spacial score (nSPS) is 9.43. The van der Waals surface area contributed by atoms with Gasteiger partial charge >= 0.3 is 0 Å². The first-order valence-corrected chi connectivity index (χ1v) is 2.34. The Bertz CT molecular complexity index is 28.9. The molecule has 0 aromatic heterocycles. The highest BCUT2D eigenvalue weighted by Gasteiger charge is 1.78. The third-order valence-corrected chi connectivity index (χ3v) is 0.577. The van der Waals surface area contributed by atoms with Gasteiger partial charge in [-0.15, -0.1) is 0 Å². The van der Waals surface area contributed by atoms with Gasteiger partial charge in [0, 0.05) is 13.1 Å². The van der Waals surface area contributed by atoms with Crippen LogP contribution in [0.3, 0.4) is 0 Å². The lowest BCUT2D eigenvalue weighted by atomic mass is 11.5. The molecule has 0 aromatic carbocycles. The summed E-state index contributed by atoms with van der Waals surface area (Å²) < 4.78 is 0. The largest absolute Gasteiger partial charge is 0.395 e. The van der Waals surface area contributed by atoms with Crippen molar-refractivity contribution < 1.29 is 10.2 Å². The molecule has 3 N–H and O–H groups in total. The predicted octanol–water partition coefficient (Wildman–Crippen LogP) is -1.44. The average molecular weight is 109 g/mol. The van der Waals surface area contributed by atoms with Crippen LogP contribution in [0.2, 0.25) is 0 Å². The van der Waals surface area contributed by atoms with E-state index in [1.807, 2.05) is 0 Å². The Kier molecular flexibility index (Phi) is 5.78. The van der Waals surface area contributed by atoms with Gasteiger partial charge in [0.2, 0.25) is 0 Å². The number of aliphatic hydroxyl groups excluding tert-OH is 2. The van der Waals surface area contributed by atoms with Gasteiger partial charge in [0.15, 0.2) is 0 Å². The van der Waals surface area contributed by atoms with Gasteiger partial charge in [0.05, 0.1) is 13.2 Å². The second-order valence-corrected chi connectivity index (χ2v) is 1.20. The second-order valence-electron chi connectivity index (χ2n) is 1.20. The van der Waals surface area contributed by atoms with E-state index in [-0.39, 0.29) is 13.2 Å². The molecule has 0 atom stereocenters. The fourth-order valence-corrected chi connectivity index (χ4v) is 0.283. The maximum atomic E-state index is 8.15. The fraction of sp³-hybridized carbons (Fsp3) is 1.00. The molecule has 3 heteroatoms. The van der Waals surface area contributed by atoms with Crippen LogP contribution in [-0.2, 0) is 0 Å². The summed E-state index contributed by atoms with van der Waals surface area (Å²) >= 11 is 0. The van der Waals surface area contributed by atoms with Crippen molar-refractivity contribution in [1.82, 2.24) is 5.32 Å². The zero-order valence-corrected chi connectivity index (χ0v) is 4.22. The van der Waals surface area contributed by atoms with Gasteiger partial charge in [0.25, 0.3) is 0 Å². The Morgan fingerprint density at radius 3 is 1.71 bits per heavy atom. The topological polar surface area (TPSA) is 52.5 Å². The third kappa shape index (κ3) is 5.88. The summed E-state index contributed by atoms with van der Waals surface area (Å²) in [5.41, 5.74) is 0. The average Bonchev–Trinajstić information content (AvgIpc) is 1.69. The minimum atomic E-state index is 0.139. The first kappa shape index (κ1) is 6.88. The van der Waals surface area contributed by atoms with Gasteiger partial charge in [-0.1, -0.05) is 0 Å². The zero-order valence-electron chi connectivity index (χ0n) is 4.22. The SMILES string of the molecule is O[13CH2][13CH2]N[13CH2][13CH2]O. The Morgan fingerprint density at radius 2 is 1.43 bits per heavy atom. The molecule has 0 saturated carbocycles. The summed E-state index contributed by atoms with van der Waals surface area (Å²) in [6.45, 7) is 1.42. The van der Waals surface area contributed by atoms with Crippen LogP contribution >= 0.6 is 0 Å². The van der Waals surface area contributed by atoms with E-state index in [0.29, 0.717) is 13.1 Å². The number of aliphatic hydroxyl groups is 2. The van der Waals surface area contributed by atoms with E-state index in [2.05, 4.69) is 5.32 Å². The highest BCUT2D eigenvalue weighted by molar-refractivity contribution is 4.39. The highest BCUT2D eigenvalue weighted by atomic mass is 16.3. The van der Waals surface area contributed by atoms with Crippen LogP contribution in [0.4, 0.5) is 0 Å². The van der Waals surface area contributed by atoms with E-state index in [9.17, 15) is 0 Å². The van der Waals surface area contributed by atoms with Gasteiger partial charge in [-0.3, -0.25) is 0 Å². The van der Waals surface area contributed by atoms with Gasteiger partial charge in [-0.25, -0.2) is 0 Å². The van der Waals surface area contributed by atoms with Crippen molar-refractivity contribution in [1.29, 1.82) is 0 Å². The maximum absolute atomic E-state index is 8.15. The number of rotatable bonds is 4. The van der Waals surface area contributed by atoms with Crippen molar-refractivity contribution >= 4 is 0 Å². The molecule has 7 heavy (non-hydrogen) atoms. The molecule has 0 aromatic rings. The molecule has 0 aliphatic rings. The molecule has 0 heterocycles. The Hall–Kier alpha value is -0.120. The molecule has 44 valence electrons. The smallest absolute Gasteiger partial charge is 0.0555 e. The molecule has 0 aliphatic carbocycles. The van der Waals surface area contributed by atoms with Crippen LogP contribution in [0.1, 0.15) is 0 Å². The predicted molar refractivity (Wildman–Crippen MR) is 27.0 cm³/mol. The Morgan fingerprint density at radius 1 is 1.00 bits per heavy atom. The minimum Gasteiger partial charge on any atom is -0.395 e. The molecular weight excluding hydrogens is 98.0 g/mol. The van der Waals surface area contributed by atoms with E-state index >= 15 is 0 Å². The number of hydrogen-bond acceptors (Lipinski definition) is 3. The van der Waals surface area contributed by atoms with E-state index in [4.69, 9.17) is 10.2 Å². The fourth-order valence-electron chi connectivity index (χ4n) is 0.283. The summed E-state index contributed by atoms with van der Waals surface area (Å²) in [6, 6.07) is 0. The van der Waals surface area contributed by atoms with Crippen LogP contribution in [0.5, 0.6) is 0 Å². The molecule has 0 aliphatic heterocycles. The molecule has 0 radical (unpaired) electrons. The van der Waals surface area contributed by atoms with Gasteiger partial charge in [0.1, 0.15) is 0 Å². The van der Waals surface area contributed by atoms with Crippen molar-refractivity contribution in [3.63, 3.8) is 0 Å². The number of nitrogens with one attached hydrogen (secondary N) is 1. The lowest BCUT2D eigenvalue weighted by Crippen LogP contribution is -2.21. The maximum Gasteiger partial charge on any atom is 0.0555 e. The van der Waals surface area contributed by atoms with Crippen molar-refractivity contribution in [2.24, 2.45) is 0 Å². The standard InChI is InChI=1S/C4H11NO2/c6-3-1-5-2-4-7/h5-7H,1-4H2/i1+1,2+1,3+1,4+1. The third-order valence-electron chi connectivity index (χ3n) is 0.577. The minimum absolute atomic E-state index is 0.139. The van der Waals surface area contributed by atoms with Gasteiger partial charge < -0.3 is 15.5 Å². The van der Waals surface area contributed by atoms with Crippen LogP contribution in [0.25, 0.3) is 0 Å². The lowest BCUT2D eigenvalue weighted by Gasteiger charge is -1.94. The molecule has 3 nitrogen and oxygen atoms in total. The molecule has 0 spiro atoms. The van der Waals surface area contributed by atoms with Crippen LogP contribution in [0.15, 0.2) is 0 Å². The number of hydrogen-bond donors (Lipinski definition) is 3. The summed E-state index contributed by atoms with van der Waals surface area (Å²) in [6.07, 6.45) is 0. The molecule has 0 amide bonds. The van der Waals surface area contributed by atoms with E-state index < -0.39 is 0 Å². The Balaban J connectivity index is 2.45. The first-order chi connectivity index (χ1) is 3.41. The highest BCUT2D eigenvalue weighted by Crippen LogP contribution is 1.54. The lowest BCUT2D eigenvalue weighted by molar-refractivity contribution is 0.267. The summed E-state index contributed by atoms with van der Waals surface area (Å²) in [4.78, 5) is 0. The van der Waals surface area contributed by atoms with Crippen LogP contribution < -0.4 is 5.32 Å². The Labute approximate surface area is 43.0 Å².